The SMILES string of the molecule is O=C([C@@H]1CCCN1C(=O)CCCCCN1C(=O)c2ccccc2C1=O)N1CCCC1. The monoisotopic (exact) mass is 411 g/mol. The maximum Gasteiger partial charge on any atom is 0.261 e. The normalized spacial score (nSPS) is 20.9. The predicted octanol–water partition coefficient (Wildman–Crippen LogP) is 2.46. The van der Waals surface area contributed by atoms with Gasteiger partial charge in [-0.2, -0.15) is 0 Å². The van der Waals surface area contributed by atoms with E-state index in [0.717, 1.165) is 45.2 Å². The van der Waals surface area contributed by atoms with E-state index in [0.29, 0.717) is 43.5 Å². The van der Waals surface area contributed by atoms with Crippen molar-refractivity contribution in [3.63, 3.8) is 0 Å². The van der Waals surface area contributed by atoms with E-state index in [2.05, 4.69) is 0 Å². The highest BCUT2D eigenvalue weighted by Gasteiger charge is 2.37. The molecular weight excluding hydrogens is 382 g/mol. The second-order valence-electron chi connectivity index (χ2n) is 8.40. The van der Waals surface area contributed by atoms with Gasteiger partial charge < -0.3 is 9.80 Å². The largest absolute Gasteiger partial charge is 0.341 e. The molecule has 0 aromatic heterocycles. The molecule has 3 aliphatic heterocycles. The summed E-state index contributed by atoms with van der Waals surface area (Å²) in [5.41, 5.74) is 0.945. The Hall–Kier alpha value is -2.70. The minimum atomic E-state index is -0.283. The molecule has 0 bridgehead atoms. The van der Waals surface area contributed by atoms with E-state index in [9.17, 15) is 19.2 Å². The van der Waals surface area contributed by atoms with Gasteiger partial charge in [0, 0.05) is 32.6 Å². The fourth-order valence-electron chi connectivity index (χ4n) is 4.78. The van der Waals surface area contributed by atoms with Gasteiger partial charge in [0.25, 0.3) is 11.8 Å². The number of carbonyl (C=O) groups excluding carboxylic acids is 4. The molecule has 1 atom stereocenters. The van der Waals surface area contributed by atoms with Gasteiger partial charge in [0.1, 0.15) is 6.04 Å². The van der Waals surface area contributed by atoms with E-state index in [1.165, 1.54) is 4.90 Å². The maximum absolute atomic E-state index is 12.7. The zero-order chi connectivity index (χ0) is 21.1. The number of imide groups is 1. The average Bonchev–Trinajstić information content (AvgIpc) is 3.50. The third-order valence-electron chi connectivity index (χ3n) is 6.43. The maximum atomic E-state index is 12.7. The molecule has 3 aliphatic rings. The van der Waals surface area contributed by atoms with E-state index in [4.69, 9.17) is 0 Å². The lowest BCUT2D eigenvalue weighted by atomic mass is 10.1. The summed E-state index contributed by atoms with van der Waals surface area (Å²) in [5, 5.41) is 0. The van der Waals surface area contributed by atoms with E-state index < -0.39 is 0 Å². The van der Waals surface area contributed by atoms with Crippen molar-refractivity contribution in [1.29, 1.82) is 0 Å². The zero-order valence-corrected chi connectivity index (χ0v) is 17.3. The van der Waals surface area contributed by atoms with Gasteiger partial charge in [-0.25, -0.2) is 0 Å². The van der Waals surface area contributed by atoms with Gasteiger partial charge in [-0.05, 0) is 50.7 Å². The van der Waals surface area contributed by atoms with Crippen LogP contribution in [0.3, 0.4) is 0 Å². The molecule has 7 nitrogen and oxygen atoms in total. The third kappa shape index (κ3) is 3.98. The molecule has 3 heterocycles. The molecule has 0 N–H and O–H groups in total. The number of nitrogens with zero attached hydrogens (tertiary/aromatic N) is 3. The van der Waals surface area contributed by atoms with Crippen molar-refractivity contribution < 1.29 is 19.2 Å². The lowest BCUT2D eigenvalue weighted by Crippen LogP contribution is -2.46. The van der Waals surface area contributed by atoms with E-state index in [1.807, 2.05) is 4.90 Å². The Morgan fingerprint density at radius 2 is 1.53 bits per heavy atom. The van der Waals surface area contributed by atoms with Gasteiger partial charge >= 0.3 is 0 Å². The van der Waals surface area contributed by atoms with Crippen LogP contribution in [0.5, 0.6) is 0 Å². The van der Waals surface area contributed by atoms with Crippen molar-refractivity contribution in [2.45, 2.75) is 57.4 Å². The summed E-state index contributed by atoms with van der Waals surface area (Å²) in [5.74, 6) is -0.297. The molecule has 7 heteroatoms. The summed E-state index contributed by atoms with van der Waals surface area (Å²) in [6, 6.07) is 6.61. The van der Waals surface area contributed by atoms with Crippen LogP contribution < -0.4 is 0 Å². The molecule has 4 rings (SSSR count). The smallest absolute Gasteiger partial charge is 0.261 e. The molecule has 0 spiro atoms. The molecule has 0 unspecified atom stereocenters. The van der Waals surface area contributed by atoms with E-state index in [-0.39, 0.29) is 29.7 Å². The summed E-state index contributed by atoms with van der Waals surface area (Å²) in [7, 11) is 0. The summed E-state index contributed by atoms with van der Waals surface area (Å²) >= 11 is 0. The number of amides is 4. The van der Waals surface area contributed by atoms with Crippen LogP contribution in [-0.2, 0) is 9.59 Å². The summed E-state index contributed by atoms with van der Waals surface area (Å²) in [6.07, 6.45) is 6.30. The van der Waals surface area contributed by atoms with Crippen LogP contribution in [0.1, 0.15) is 72.1 Å². The van der Waals surface area contributed by atoms with Gasteiger partial charge in [-0.1, -0.05) is 18.6 Å². The molecule has 1 aromatic rings. The Morgan fingerprint density at radius 3 is 2.20 bits per heavy atom. The van der Waals surface area contributed by atoms with Crippen LogP contribution in [-0.4, -0.2) is 70.5 Å². The lowest BCUT2D eigenvalue weighted by molar-refractivity contribution is -0.143. The Bertz CT molecular complexity index is 812. The van der Waals surface area contributed by atoms with Gasteiger partial charge in [-0.15, -0.1) is 0 Å². The van der Waals surface area contributed by atoms with Crippen LogP contribution >= 0.6 is 0 Å². The van der Waals surface area contributed by atoms with E-state index in [1.54, 1.807) is 29.2 Å². The fourth-order valence-corrected chi connectivity index (χ4v) is 4.78. The molecule has 0 aliphatic carbocycles. The van der Waals surface area contributed by atoms with Gasteiger partial charge in [-0.3, -0.25) is 24.1 Å². The Balaban J connectivity index is 1.20. The van der Waals surface area contributed by atoms with Crippen LogP contribution in [0.25, 0.3) is 0 Å². The number of unbranched alkanes of at least 4 members (excludes halogenated alkanes) is 2. The van der Waals surface area contributed by atoms with Crippen molar-refractivity contribution in [2.24, 2.45) is 0 Å². The summed E-state index contributed by atoms with van der Waals surface area (Å²) in [6.45, 7) is 2.67. The van der Waals surface area contributed by atoms with Crippen molar-refractivity contribution in [2.75, 3.05) is 26.2 Å². The molecule has 4 amide bonds. The highest BCUT2D eigenvalue weighted by Crippen LogP contribution is 2.24. The minimum Gasteiger partial charge on any atom is -0.341 e. The number of carbonyl (C=O) groups is 4. The Kier molecular flexibility index (Phi) is 6.16. The van der Waals surface area contributed by atoms with Gasteiger partial charge in [0.2, 0.25) is 11.8 Å². The zero-order valence-electron chi connectivity index (χ0n) is 17.3. The van der Waals surface area contributed by atoms with Crippen molar-refractivity contribution in [1.82, 2.24) is 14.7 Å². The summed E-state index contributed by atoms with van der Waals surface area (Å²) < 4.78 is 0. The first kappa shape index (κ1) is 20.6. The molecule has 1 aromatic carbocycles. The molecule has 0 radical (unpaired) electrons. The number of hydrogen-bond donors (Lipinski definition) is 0. The quantitative estimate of drug-likeness (QED) is 0.510. The number of fused-ring (bicyclic) bond motifs is 1. The number of likely N-dealkylation sites (tertiary alicyclic amines) is 2. The number of hydrogen-bond acceptors (Lipinski definition) is 4. The van der Waals surface area contributed by atoms with Crippen molar-refractivity contribution >= 4 is 23.6 Å². The van der Waals surface area contributed by atoms with Crippen LogP contribution in [0.2, 0.25) is 0 Å². The minimum absolute atomic E-state index is 0.0470. The molecule has 160 valence electrons. The van der Waals surface area contributed by atoms with Crippen LogP contribution in [0.15, 0.2) is 24.3 Å². The van der Waals surface area contributed by atoms with Crippen LogP contribution in [0, 0.1) is 0 Å². The number of benzene rings is 1. The van der Waals surface area contributed by atoms with Gasteiger partial charge in [0.15, 0.2) is 0 Å². The first-order chi connectivity index (χ1) is 14.6. The molecule has 2 fully saturated rings. The third-order valence-corrected chi connectivity index (χ3v) is 6.43. The van der Waals surface area contributed by atoms with Crippen molar-refractivity contribution in [3.8, 4) is 0 Å². The highest BCUT2D eigenvalue weighted by molar-refractivity contribution is 6.21. The molecule has 30 heavy (non-hydrogen) atoms. The van der Waals surface area contributed by atoms with Crippen LogP contribution in [0.4, 0.5) is 0 Å². The second kappa shape index (κ2) is 8.98. The summed E-state index contributed by atoms with van der Waals surface area (Å²) in [4.78, 5) is 55.1. The van der Waals surface area contributed by atoms with E-state index >= 15 is 0 Å². The standard InChI is InChI=1S/C23H29N3O4/c27-20(25-16-8-11-19(25)23(30)24-13-6-7-14-24)12-2-1-5-15-26-21(28)17-9-3-4-10-18(17)22(26)29/h3-4,9-10,19H,1-2,5-8,11-16H2/t19-/m0/s1. The second-order valence-corrected chi connectivity index (χ2v) is 8.40. The molecular formula is C23H29N3O4. The van der Waals surface area contributed by atoms with Gasteiger partial charge in [0.05, 0.1) is 11.1 Å². The lowest BCUT2D eigenvalue weighted by Gasteiger charge is -2.27. The fraction of sp³-hybridized carbons (Fsp3) is 0.565. The average molecular weight is 412 g/mol. The van der Waals surface area contributed by atoms with Crippen molar-refractivity contribution in [3.05, 3.63) is 35.4 Å². The highest BCUT2D eigenvalue weighted by atomic mass is 16.2. The molecule has 2 saturated heterocycles. The first-order valence-corrected chi connectivity index (χ1v) is 11.1. The number of rotatable bonds is 7. The topological polar surface area (TPSA) is 78.0 Å². The predicted molar refractivity (Wildman–Crippen MR) is 111 cm³/mol. The first-order valence-electron chi connectivity index (χ1n) is 11.1. The Labute approximate surface area is 177 Å². The Morgan fingerprint density at radius 1 is 0.867 bits per heavy atom. The molecule has 0 saturated carbocycles.